The quantitative estimate of drug-likeness (QED) is 0.785. The van der Waals surface area contributed by atoms with Gasteiger partial charge in [-0.25, -0.2) is 0 Å². The minimum atomic E-state index is -0.0878. The predicted molar refractivity (Wildman–Crippen MR) is 68.8 cm³/mol. The van der Waals surface area contributed by atoms with Gasteiger partial charge in [-0.2, -0.15) is 0 Å². The van der Waals surface area contributed by atoms with Crippen molar-refractivity contribution >= 4 is 11.3 Å². The summed E-state index contributed by atoms with van der Waals surface area (Å²) in [6.45, 7) is 3.22. The Labute approximate surface area is 106 Å². The van der Waals surface area contributed by atoms with Crippen molar-refractivity contribution in [2.45, 2.75) is 13.0 Å². The molecule has 1 aliphatic heterocycles. The van der Waals surface area contributed by atoms with Gasteiger partial charge < -0.3 is 10.2 Å². The Bertz CT molecular complexity index is 419. The lowest BCUT2D eigenvalue weighted by Crippen LogP contribution is -2.20. The minimum Gasteiger partial charge on any atom is -0.396 e. The van der Waals surface area contributed by atoms with E-state index in [0.717, 1.165) is 31.6 Å². The molecule has 1 saturated heterocycles. The molecule has 0 aromatic carbocycles. The summed E-state index contributed by atoms with van der Waals surface area (Å²) in [5.41, 5.74) is 0.983. The molecule has 2 N–H and O–H groups in total. The van der Waals surface area contributed by atoms with E-state index in [1.54, 1.807) is 11.3 Å². The molecular weight excluding hydrogens is 234 g/mol. The first-order valence-corrected chi connectivity index (χ1v) is 6.70. The van der Waals surface area contributed by atoms with Gasteiger partial charge in [-0.1, -0.05) is 11.8 Å². The van der Waals surface area contributed by atoms with Crippen LogP contribution in [0, 0.1) is 17.8 Å². The summed E-state index contributed by atoms with van der Waals surface area (Å²) >= 11 is 1.71. The lowest BCUT2D eigenvalue weighted by molar-refractivity contribution is 0.220. The molecule has 0 radical (unpaired) electrons. The maximum atomic E-state index is 9.09. The van der Waals surface area contributed by atoms with Gasteiger partial charge in [0.2, 0.25) is 0 Å². The number of aliphatic hydroxyl groups is 2. The summed E-state index contributed by atoms with van der Waals surface area (Å²) in [5.74, 6) is 6.01. The van der Waals surface area contributed by atoms with Crippen LogP contribution < -0.4 is 0 Å². The zero-order valence-electron chi connectivity index (χ0n) is 9.72. The molecule has 0 saturated carbocycles. The number of hydrogen-bond donors (Lipinski definition) is 2. The van der Waals surface area contributed by atoms with E-state index < -0.39 is 0 Å². The Balaban J connectivity index is 1.89. The highest BCUT2D eigenvalue weighted by molar-refractivity contribution is 7.10. The van der Waals surface area contributed by atoms with Crippen LogP contribution in [0.5, 0.6) is 0 Å². The van der Waals surface area contributed by atoms with Crippen LogP contribution >= 0.6 is 11.3 Å². The average Bonchev–Trinajstić information content (AvgIpc) is 2.96. The normalized spacial score (nSPS) is 20.2. The molecule has 0 spiro atoms. The van der Waals surface area contributed by atoms with Crippen LogP contribution in [0.25, 0.3) is 0 Å². The molecule has 0 amide bonds. The maximum absolute atomic E-state index is 9.09. The fourth-order valence-corrected chi connectivity index (χ4v) is 2.95. The Morgan fingerprint density at radius 3 is 3.06 bits per heavy atom. The second-order valence-corrected chi connectivity index (χ2v) is 5.33. The number of nitrogens with zero attached hydrogens (tertiary/aromatic N) is 1. The zero-order valence-corrected chi connectivity index (χ0v) is 10.5. The highest BCUT2D eigenvalue weighted by atomic mass is 32.1. The smallest absolute Gasteiger partial charge is 0.104 e. The molecule has 3 nitrogen and oxygen atoms in total. The van der Waals surface area contributed by atoms with Crippen LogP contribution in [0.2, 0.25) is 0 Å². The largest absolute Gasteiger partial charge is 0.396 e. The molecule has 1 fully saturated rings. The molecule has 2 heterocycles. The van der Waals surface area contributed by atoms with Gasteiger partial charge in [0, 0.05) is 35.5 Å². The van der Waals surface area contributed by atoms with Crippen LogP contribution in [-0.4, -0.2) is 41.4 Å². The molecule has 2 rings (SSSR count). The summed E-state index contributed by atoms with van der Waals surface area (Å²) in [4.78, 5) is 3.67. The van der Waals surface area contributed by atoms with Crippen LogP contribution in [0.1, 0.15) is 16.9 Å². The second kappa shape index (κ2) is 6.18. The van der Waals surface area contributed by atoms with E-state index in [1.165, 1.54) is 4.88 Å². The van der Waals surface area contributed by atoms with Crippen molar-refractivity contribution < 1.29 is 10.2 Å². The van der Waals surface area contributed by atoms with Crippen molar-refractivity contribution in [2.24, 2.45) is 5.92 Å². The first-order valence-electron chi connectivity index (χ1n) is 5.82. The molecule has 1 aliphatic rings. The van der Waals surface area contributed by atoms with Crippen LogP contribution in [0.3, 0.4) is 0 Å². The topological polar surface area (TPSA) is 43.7 Å². The van der Waals surface area contributed by atoms with E-state index in [0.29, 0.717) is 12.5 Å². The molecule has 0 unspecified atom stereocenters. The number of hydrogen-bond acceptors (Lipinski definition) is 4. The van der Waals surface area contributed by atoms with Crippen LogP contribution in [-0.2, 0) is 6.54 Å². The third-order valence-electron chi connectivity index (χ3n) is 2.97. The number of likely N-dealkylation sites (tertiary alicyclic amines) is 1. The van der Waals surface area contributed by atoms with Crippen LogP contribution in [0.15, 0.2) is 11.4 Å². The Kier molecular flexibility index (Phi) is 4.57. The molecule has 17 heavy (non-hydrogen) atoms. The SMILES string of the molecule is OCC#Cc1csc(CN2CC[C@H](CO)C2)c1. The van der Waals surface area contributed by atoms with Crippen molar-refractivity contribution in [1.29, 1.82) is 0 Å². The second-order valence-electron chi connectivity index (χ2n) is 4.33. The van der Waals surface area contributed by atoms with E-state index in [-0.39, 0.29) is 6.61 Å². The monoisotopic (exact) mass is 251 g/mol. The molecule has 1 atom stereocenters. The molecule has 1 aromatic heterocycles. The Morgan fingerprint density at radius 1 is 1.47 bits per heavy atom. The molecule has 0 bridgehead atoms. The van der Waals surface area contributed by atoms with Gasteiger partial charge in [-0.3, -0.25) is 4.90 Å². The number of rotatable bonds is 3. The summed E-state index contributed by atoms with van der Waals surface area (Å²) in [6.07, 6.45) is 1.10. The summed E-state index contributed by atoms with van der Waals surface area (Å²) < 4.78 is 0. The maximum Gasteiger partial charge on any atom is 0.104 e. The fraction of sp³-hybridized carbons (Fsp3) is 0.538. The van der Waals surface area contributed by atoms with Crippen molar-refractivity contribution in [3.8, 4) is 11.8 Å². The molecule has 1 aromatic rings. The van der Waals surface area contributed by atoms with E-state index in [9.17, 15) is 0 Å². The first-order chi connectivity index (χ1) is 8.31. The van der Waals surface area contributed by atoms with E-state index in [4.69, 9.17) is 10.2 Å². The van der Waals surface area contributed by atoms with Gasteiger partial charge in [-0.05, 0) is 24.9 Å². The van der Waals surface area contributed by atoms with Gasteiger partial charge >= 0.3 is 0 Å². The Morgan fingerprint density at radius 2 is 2.35 bits per heavy atom. The first kappa shape index (κ1) is 12.6. The third-order valence-corrected chi connectivity index (χ3v) is 3.89. The van der Waals surface area contributed by atoms with Gasteiger partial charge in [0.1, 0.15) is 6.61 Å². The molecule has 4 heteroatoms. The third kappa shape index (κ3) is 3.55. The summed E-state index contributed by atoms with van der Waals surface area (Å²) in [7, 11) is 0. The van der Waals surface area contributed by atoms with Gasteiger partial charge in [0.25, 0.3) is 0 Å². The molecule has 0 aliphatic carbocycles. The van der Waals surface area contributed by atoms with Crippen molar-refractivity contribution in [3.05, 3.63) is 21.9 Å². The summed E-state index contributed by atoms with van der Waals surface area (Å²) in [6, 6.07) is 2.08. The Hall–Kier alpha value is -0.860. The van der Waals surface area contributed by atoms with E-state index >= 15 is 0 Å². The number of thiophene rings is 1. The lowest BCUT2D eigenvalue weighted by atomic mass is 10.1. The van der Waals surface area contributed by atoms with Crippen molar-refractivity contribution in [3.63, 3.8) is 0 Å². The van der Waals surface area contributed by atoms with E-state index in [1.807, 2.05) is 5.38 Å². The standard InChI is InChI=1S/C13H17NO2S/c15-5-1-2-11-6-13(17-10-11)8-14-4-3-12(7-14)9-16/h6,10,12,15-16H,3-5,7-9H2/t12-/m0/s1. The van der Waals surface area contributed by atoms with Gasteiger partial charge in [-0.15, -0.1) is 11.3 Å². The predicted octanol–water partition coefficient (Wildman–Crippen LogP) is 0.906. The van der Waals surface area contributed by atoms with Gasteiger partial charge in [0.15, 0.2) is 0 Å². The van der Waals surface area contributed by atoms with Gasteiger partial charge in [0.05, 0.1) is 0 Å². The zero-order chi connectivity index (χ0) is 12.1. The number of aliphatic hydroxyl groups excluding tert-OH is 2. The highest BCUT2D eigenvalue weighted by Crippen LogP contribution is 2.21. The summed E-state index contributed by atoms with van der Waals surface area (Å²) in [5, 5.41) is 19.7. The molecule has 92 valence electrons. The highest BCUT2D eigenvalue weighted by Gasteiger charge is 2.21. The van der Waals surface area contributed by atoms with Crippen molar-refractivity contribution in [1.82, 2.24) is 4.90 Å². The fourth-order valence-electron chi connectivity index (χ4n) is 2.10. The minimum absolute atomic E-state index is 0.0878. The lowest BCUT2D eigenvalue weighted by Gasteiger charge is -2.13. The van der Waals surface area contributed by atoms with Crippen LogP contribution in [0.4, 0.5) is 0 Å². The van der Waals surface area contributed by atoms with E-state index in [2.05, 4.69) is 22.8 Å². The molecular formula is C13H17NO2S. The average molecular weight is 251 g/mol. The van der Waals surface area contributed by atoms with Crippen molar-refractivity contribution in [2.75, 3.05) is 26.3 Å².